The molecule has 7 nitrogen and oxygen atoms in total. The molecule has 0 bridgehead atoms. The van der Waals surface area contributed by atoms with Crippen molar-refractivity contribution in [3.05, 3.63) is 17.8 Å². The average molecular weight is 317 g/mol. The van der Waals surface area contributed by atoms with Crippen LogP contribution in [0, 0.1) is 18.3 Å². The van der Waals surface area contributed by atoms with E-state index in [-0.39, 0.29) is 11.8 Å². The topological polar surface area (TPSA) is 71.8 Å². The quantitative estimate of drug-likeness (QED) is 0.929. The Balaban J connectivity index is 1.95. The number of ether oxygens (including phenoxy) is 1. The molecule has 1 fully saturated rings. The third-order valence-corrected chi connectivity index (χ3v) is 4.51. The summed E-state index contributed by atoms with van der Waals surface area (Å²) in [6, 6.07) is 3.73. The lowest BCUT2D eigenvalue weighted by molar-refractivity contribution is -0.166. The fourth-order valence-electron chi connectivity index (χ4n) is 2.75. The number of hydrogen-bond acceptors (Lipinski definition) is 5. The smallest absolute Gasteiger partial charge is 0.236 e. The molecule has 7 heteroatoms. The maximum Gasteiger partial charge on any atom is 0.236 e. The standard InChI is InChI=1S/C16H23N5O2/c1-10(2)16(8-23-9-16)15(22)18-12-7-14(20(4)5)21-13(17-12)6-11(3)19-21/h6-7,10H,8-9H2,1-5H3,(H,17,18,22). The molecule has 0 unspecified atom stereocenters. The zero-order chi connectivity index (χ0) is 16.8. The highest BCUT2D eigenvalue weighted by atomic mass is 16.5. The molecule has 0 atom stereocenters. The molecule has 3 heterocycles. The highest BCUT2D eigenvalue weighted by Crippen LogP contribution is 2.37. The summed E-state index contributed by atoms with van der Waals surface area (Å²) in [4.78, 5) is 19.2. The van der Waals surface area contributed by atoms with E-state index in [0.29, 0.717) is 24.7 Å². The molecule has 1 saturated heterocycles. The predicted molar refractivity (Wildman–Crippen MR) is 88.8 cm³/mol. The van der Waals surface area contributed by atoms with Crippen molar-refractivity contribution in [1.29, 1.82) is 0 Å². The minimum Gasteiger partial charge on any atom is -0.379 e. The molecule has 1 aliphatic heterocycles. The second-order valence-corrected chi connectivity index (χ2v) is 6.71. The van der Waals surface area contributed by atoms with E-state index < -0.39 is 5.41 Å². The fourth-order valence-corrected chi connectivity index (χ4v) is 2.75. The largest absolute Gasteiger partial charge is 0.379 e. The predicted octanol–water partition coefficient (Wildman–Crippen LogP) is 1.71. The molecule has 0 spiro atoms. The molecule has 0 saturated carbocycles. The van der Waals surface area contributed by atoms with Crippen LogP contribution in [0.25, 0.3) is 5.65 Å². The molecule has 23 heavy (non-hydrogen) atoms. The van der Waals surface area contributed by atoms with Crippen LogP contribution in [0.5, 0.6) is 0 Å². The van der Waals surface area contributed by atoms with Crippen molar-refractivity contribution in [3.8, 4) is 0 Å². The van der Waals surface area contributed by atoms with Gasteiger partial charge in [-0.25, -0.2) is 4.98 Å². The zero-order valence-electron chi connectivity index (χ0n) is 14.3. The van der Waals surface area contributed by atoms with Gasteiger partial charge in [-0.3, -0.25) is 4.79 Å². The van der Waals surface area contributed by atoms with Gasteiger partial charge in [-0.05, 0) is 12.8 Å². The van der Waals surface area contributed by atoms with Gasteiger partial charge in [-0.1, -0.05) is 13.8 Å². The molecule has 0 aliphatic carbocycles. The lowest BCUT2D eigenvalue weighted by Crippen LogP contribution is -2.55. The van der Waals surface area contributed by atoms with Gasteiger partial charge in [0.1, 0.15) is 11.6 Å². The number of amides is 1. The van der Waals surface area contributed by atoms with Crippen molar-refractivity contribution in [2.45, 2.75) is 20.8 Å². The van der Waals surface area contributed by atoms with Crippen LogP contribution >= 0.6 is 0 Å². The summed E-state index contributed by atoms with van der Waals surface area (Å²) < 4.78 is 7.06. The van der Waals surface area contributed by atoms with Crippen LogP contribution in [0.4, 0.5) is 11.6 Å². The monoisotopic (exact) mass is 317 g/mol. The molecule has 0 radical (unpaired) electrons. The summed E-state index contributed by atoms with van der Waals surface area (Å²) in [7, 11) is 3.87. The van der Waals surface area contributed by atoms with Gasteiger partial charge in [-0.2, -0.15) is 9.61 Å². The molecule has 2 aromatic heterocycles. The lowest BCUT2D eigenvalue weighted by atomic mass is 9.74. The Labute approximate surface area is 135 Å². The minimum absolute atomic E-state index is 0.0310. The zero-order valence-corrected chi connectivity index (χ0v) is 14.3. The van der Waals surface area contributed by atoms with Crippen LogP contribution in [-0.4, -0.2) is 47.8 Å². The van der Waals surface area contributed by atoms with E-state index in [2.05, 4.69) is 15.4 Å². The third kappa shape index (κ3) is 2.55. The van der Waals surface area contributed by atoms with E-state index in [9.17, 15) is 4.79 Å². The van der Waals surface area contributed by atoms with Crippen LogP contribution < -0.4 is 10.2 Å². The SMILES string of the molecule is Cc1cc2nc(NC(=O)C3(C(C)C)COC3)cc(N(C)C)n2n1. The maximum atomic E-state index is 12.7. The molecular weight excluding hydrogens is 294 g/mol. The number of nitrogens with one attached hydrogen (secondary N) is 1. The number of aromatic nitrogens is 3. The van der Waals surface area contributed by atoms with Crippen molar-refractivity contribution in [2.75, 3.05) is 37.5 Å². The summed E-state index contributed by atoms with van der Waals surface area (Å²) in [5, 5.41) is 7.40. The van der Waals surface area contributed by atoms with Crippen LogP contribution in [0.15, 0.2) is 12.1 Å². The van der Waals surface area contributed by atoms with Gasteiger partial charge in [0.05, 0.1) is 24.3 Å². The first-order chi connectivity index (χ1) is 10.8. The van der Waals surface area contributed by atoms with Gasteiger partial charge in [0.2, 0.25) is 5.91 Å². The summed E-state index contributed by atoms with van der Waals surface area (Å²) in [5.74, 6) is 1.59. The summed E-state index contributed by atoms with van der Waals surface area (Å²) >= 11 is 0. The highest BCUT2D eigenvalue weighted by molar-refractivity contribution is 5.96. The number of carbonyl (C=O) groups is 1. The number of rotatable bonds is 4. The molecule has 1 aliphatic rings. The summed E-state index contributed by atoms with van der Waals surface area (Å²) in [5.41, 5.74) is 1.14. The summed E-state index contributed by atoms with van der Waals surface area (Å²) in [6.45, 7) is 6.94. The van der Waals surface area contributed by atoms with Gasteiger partial charge in [0.15, 0.2) is 5.65 Å². The Morgan fingerprint density at radius 1 is 1.39 bits per heavy atom. The Morgan fingerprint density at radius 3 is 2.61 bits per heavy atom. The van der Waals surface area contributed by atoms with Crippen molar-refractivity contribution >= 4 is 23.2 Å². The first-order valence-corrected chi connectivity index (χ1v) is 7.77. The Hall–Kier alpha value is -2.15. The van der Waals surface area contributed by atoms with E-state index in [1.807, 2.05) is 51.9 Å². The number of aryl methyl sites for hydroxylation is 1. The van der Waals surface area contributed by atoms with E-state index >= 15 is 0 Å². The number of fused-ring (bicyclic) bond motifs is 1. The van der Waals surface area contributed by atoms with Crippen LogP contribution in [-0.2, 0) is 9.53 Å². The molecule has 1 N–H and O–H groups in total. The number of anilines is 2. The van der Waals surface area contributed by atoms with Crippen molar-refractivity contribution < 1.29 is 9.53 Å². The van der Waals surface area contributed by atoms with Gasteiger partial charge in [0.25, 0.3) is 0 Å². The minimum atomic E-state index is -0.456. The second kappa shape index (κ2) is 5.49. The van der Waals surface area contributed by atoms with Gasteiger partial charge in [0, 0.05) is 26.2 Å². The van der Waals surface area contributed by atoms with E-state index in [1.54, 1.807) is 4.52 Å². The molecular formula is C16H23N5O2. The highest BCUT2D eigenvalue weighted by Gasteiger charge is 2.48. The molecule has 2 aromatic rings. The Morgan fingerprint density at radius 2 is 2.09 bits per heavy atom. The Bertz CT molecular complexity index is 746. The maximum absolute atomic E-state index is 12.7. The molecule has 1 amide bonds. The molecule has 0 aromatic carbocycles. The number of hydrogen-bond donors (Lipinski definition) is 1. The van der Waals surface area contributed by atoms with Gasteiger partial charge < -0.3 is 15.0 Å². The second-order valence-electron chi connectivity index (χ2n) is 6.71. The third-order valence-electron chi connectivity index (χ3n) is 4.51. The average Bonchev–Trinajstić information content (AvgIpc) is 2.75. The van der Waals surface area contributed by atoms with E-state index in [1.165, 1.54) is 0 Å². The lowest BCUT2D eigenvalue weighted by Gasteiger charge is -2.42. The van der Waals surface area contributed by atoms with Gasteiger partial charge >= 0.3 is 0 Å². The Kier molecular flexibility index (Phi) is 3.75. The van der Waals surface area contributed by atoms with Gasteiger partial charge in [-0.15, -0.1) is 0 Å². The normalized spacial score (nSPS) is 16.4. The van der Waals surface area contributed by atoms with Crippen LogP contribution in [0.3, 0.4) is 0 Å². The summed E-state index contributed by atoms with van der Waals surface area (Å²) in [6.07, 6.45) is 0. The van der Waals surface area contributed by atoms with Crippen LogP contribution in [0.2, 0.25) is 0 Å². The number of carbonyl (C=O) groups excluding carboxylic acids is 1. The van der Waals surface area contributed by atoms with Crippen molar-refractivity contribution in [3.63, 3.8) is 0 Å². The molecule has 3 rings (SSSR count). The fraction of sp³-hybridized carbons (Fsp3) is 0.562. The van der Waals surface area contributed by atoms with Crippen LogP contribution in [0.1, 0.15) is 19.5 Å². The van der Waals surface area contributed by atoms with Crippen molar-refractivity contribution in [1.82, 2.24) is 14.6 Å². The first-order valence-electron chi connectivity index (χ1n) is 7.77. The molecule has 124 valence electrons. The first kappa shape index (κ1) is 15.7. The number of nitrogens with zero attached hydrogens (tertiary/aromatic N) is 4. The van der Waals surface area contributed by atoms with Crippen molar-refractivity contribution in [2.24, 2.45) is 11.3 Å². The van der Waals surface area contributed by atoms with E-state index in [0.717, 1.165) is 11.5 Å². The van der Waals surface area contributed by atoms with E-state index in [4.69, 9.17) is 4.74 Å².